The molecule has 1 heterocycles. The van der Waals surface area contributed by atoms with Gasteiger partial charge in [0.05, 0.1) is 13.2 Å². The second-order valence-electron chi connectivity index (χ2n) is 4.88. The summed E-state index contributed by atoms with van der Waals surface area (Å²) in [4.78, 5) is 4.82. The number of hydrogen-bond acceptors (Lipinski definition) is 4. The Morgan fingerprint density at radius 3 is 2.50 bits per heavy atom. The van der Waals surface area contributed by atoms with Crippen molar-refractivity contribution in [3.63, 3.8) is 0 Å². The minimum atomic E-state index is 0.778. The molecule has 0 unspecified atom stereocenters. The zero-order valence-electron chi connectivity index (χ0n) is 10.7. The molecule has 3 nitrogen and oxygen atoms in total. The van der Waals surface area contributed by atoms with Gasteiger partial charge < -0.3 is 14.5 Å². The average molecular weight is 246 g/mol. The maximum Gasteiger partial charge on any atom is 0.0593 e. The molecule has 0 bridgehead atoms. The van der Waals surface area contributed by atoms with Crippen LogP contribution in [0.2, 0.25) is 0 Å². The van der Waals surface area contributed by atoms with Crippen molar-refractivity contribution in [1.29, 1.82) is 0 Å². The van der Waals surface area contributed by atoms with Crippen LogP contribution in [0.1, 0.15) is 12.8 Å². The van der Waals surface area contributed by atoms with Crippen molar-refractivity contribution < 1.29 is 4.74 Å². The first-order chi connectivity index (χ1) is 7.72. The summed E-state index contributed by atoms with van der Waals surface area (Å²) in [6.45, 7) is 6.44. The smallest absolute Gasteiger partial charge is 0.0593 e. The van der Waals surface area contributed by atoms with Crippen LogP contribution in [-0.2, 0) is 4.74 Å². The van der Waals surface area contributed by atoms with Crippen molar-refractivity contribution in [2.45, 2.75) is 12.8 Å². The molecule has 1 fully saturated rings. The van der Waals surface area contributed by atoms with Crippen LogP contribution in [0.3, 0.4) is 0 Å². The standard InChI is InChI=1S/C12H26N2OS/c1-13(2)11-12-3-5-14(6-4-12)7-8-15-9-10-16/h12,16H,3-11H2,1-2H3. The van der Waals surface area contributed by atoms with E-state index in [1.54, 1.807) is 0 Å². The lowest BCUT2D eigenvalue weighted by molar-refractivity contribution is 0.0931. The normalized spacial score (nSPS) is 19.5. The molecule has 0 radical (unpaired) electrons. The summed E-state index contributed by atoms with van der Waals surface area (Å²) in [5.74, 6) is 1.72. The maximum absolute atomic E-state index is 5.45. The molecule has 0 aromatic heterocycles. The van der Waals surface area contributed by atoms with Gasteiger partial charge in [-0.15, -0.1) is 0 Å². The topological polar surface area (TPSA) is 15.7 Å². The first-order valence-electron chi connectivity index (χ1n) is 6.28. The van der Waals surface area contributed by atoms with E-state index in [-0.39, 0.29) is 0 Å². The van der Waals surface area contributed by atoms with E-state index in [1.165, 1.54) is 32.5 Å². The van der Waals surface area contributed by atoms with Gasteiger partial charge in [0, 0.05) is 18.8 Å². The van der Waals surface area contributed by atoms with Gasteiger partial charge in [0.2, 0.25) is 0 Å². The Kier molecular flexibility index (Phi) is 7.45. The fourth-order valence-corrected chi connectivity index (χ4v) is 2.40. The molecule has 0 N–H and O–H groups in total. The summed E-state index contributed by atoms with van der Waals surface area (Å²) in [5, 5.41) is 0. The molecule has 1 saturated heterocycles. The van der Waals surface area contributed by atoms with Crippen LogP contribution >= 0.6 is 12.6 Å². The Labute approximate surface area is 106 Å². The minimum absolute atomic E-state index is 0.778. The SMILES string of the molecule is CN(C)CC1CCN(CCOCCS)CC1. The Balaban J connectivity index is 2.03. The van der Waals surface area contributed by atoms with Gasteiger partial charge in [-0.3, -0.25) is 0 Å². The lowest BCUT2D eigenvalue weighted by Crippen LogP contribution is -2.38. The molecule has 96 valence electrons. The molecule has 1 rings (SSSR count). The summed E-state index contributed by atoms with van der Waals surface area (Å²) in [5.41, 5.74) is 0. The van der Waals surface area contributed by atoms with E-state index in [2.05, 4.69) is 36.5 Å². The van der Waals surface area contributed by atoms with Gasteiger partial charge in [0.25, 0.3) is 0 Å². The summed E-state index contributed by atoms with van der Waals surface area (Å²) in [7, 11) is 4.33. The van der Waals surface area contributed by atoms with E-state index in [0.29, 0.717) is 0 Å². The van der Waals surface area contributed by atoms with E-state index in [1.807, 2.05) is 0 Å². The molecule has 0 atom stereocenters. The monoisotopic (exact) mass is 246 g/mol. The van der Waals surface area contributed by atoms with Gasteiger partial charge in [-0.1, -0.05) is 0 Å². The highest BCUT2D eigenvalue weighted by Gasteiger charge is 2.18. The molecule has 0 aliphatic carbocycles. The fourth-order valence-electron chi connectivity index (χ4n) is 2.27. The number of nitrogens with zero attached hydrogens (tertiary/aromatic N) is 2. The Bertz CT molecular complexity index is 170. The highest BCUT2D eigenvalue weighted by molar-refractivity contribution is 7.80. The average Bonchev–Trinajstić information content (AvgIpc) is 2.26. The second-order valence-corrected chi connectivity index (χ2v) is 5.33. The van der Waals surface area contributed by atoms with Crippen LogP contribution in [0.4, 0.5) is 0 Å². The third-order valence-corrected chi connectivity index (χ3v) is 3.30. The molecule has 0 amide bonds. The molecule has 0 aromatic rings. The fraction of sp³-hybridized carbons (Fsp3) is 1.00. The van der Waals surface area contributed by atoms with Gasteiger partial charge in [-0.2, -0.15) is 12.6 Å². The Morgan fingerprint density at radius 1 is 1.25 bits per heavy atom. The van der Waals surface area contributed by atoms with Crippen molar-refractivity contribution in [3.05, 3.63) is 0 Å². The predicted molar refractivity (Wildman–Crippen MR) is 72.4 cm³/mol. The third kappa shape index (κ3) is 6.09. The molecule has 1 aliphatic heterocycles. The Hall–Kier alpha value is 0.230. The summed E-state index contributed by atoms with van der Waals surface area (Å²) in [6, 6.07) is 0. The molecule has 0 spiro atoms. The van der Waals surface area contributed by atoms with Crippen molar-refractivity contribution >= 4 is 12.6 Å². The first-order valence-corrected chi connectivity index (χ1v) is 6.91. The lowest BCUT2D eigenvalue weighted by atomic mass is 9.96. The zero-order chi connectivity index (χ0) is 11.8. The molecule has 0 aromatic carbocycles. The van der Waals surface area contributed by atoms with Crippen molar-refractivity contribution in [1.82, 2.24) is 9.80 Å². The Morgan fingerprint density at radius 2 is 1.94 bits per heavy atom. The van der Waals surface area contributed by atoms with Crippen LogP contribution in [0.25, 0.3) is 0 Å². The first kappa shape index (κ1) is 14.3. The van der Waals surface area contributed by atoms with E-state index in [9.17, 15) is 0 Å². The lowest BCUT2D eigenvalue weighted by Gasteiger charge is -2.33. The number of likely N-dealkylation sites (tertiary alicyclic amines) is 1. The van der Waals surface area contributed by atoms with Crippen molar-refractivity contribution in [2.24, 2.45) is 5.92 Å². The van der Waals surface area contributed by atoms with Gasteiger partial charge in [0.15, 0.2) is 0 Å². The van der Waals surface area contributed by atoms with Crippen LogP contribution in [0.5, 0.6) is 0 Å². The summed E-state index contributed by atoms with van der Waals surface area (Å²) >= 11 is 4.12. The van der Waals surface area contributed by atoms with Gasteiger partial charge in [-0.25, -0.2) is 0 Å². The van der Waals surface area contributed by atoms with Crippen molar-refractivity contribution in [2.75, 3.05) is 59.2 Å². The highest BCUT2D eigenvalue weighted by Crippen LogP contribution is 2.17. The minimum Gasteiger partial charge on any atom is -0.379 e. The number of rotatable bonds is 7. The van der Waals surface area contributed by atoms with E-state index in [4.69, 9.17) is 4.74 Å². The quantitative estimate of drug-likeness (QED) is 0.537. The van der Waals surface area contributed by atoms with Crippen LogP contribution in [0, 0.1) is 5.92 Å². The molecular weight excluding hydrogens is 220 g/mol. The summed E-state index contributed by atoms with van der Waals surface area (Å²) < 4.78 is 5.45. The van der Waals surface area contributed by atoms with Crippen LogP contribution in [-0.4, -0.2) is 69.0 Å². The molecule has 16 heavy (non-hydrogen) atoms. The number of hydrogen-bond donors (Lipinski definition) is 1. The number of thiol groups is 1. The van der Waals surface area contributed by atoms with E-state index < -0.39 is 0 Å². The van der Waals surface area contributed by atoms with Crippen LogP contribution < -0.4 is 0 Å². The molecule has 4 heteroatoms. The zero-order valence-corrected chi connectivity index (χ0v) is 11.6. The summed E-state index contributed by atoms with van der Waals surface area (Å²) in [6.07, 6.45) is 2.68. The van der Waals surface area contributed by atoms with Crippen LogP contribution in [0.15, 0.2) is 0 Å². The predicted octanol–water partition coefficient (Wildman–Crippen LogP) is 1.21. The number of piperidine rings is 1. The largest absolute Gasteiger partial charge is 0.379 e. The highest BCUT2D eigenvalue weighted by atomic mass is 32.1. The van der Waals surface area contributed by atoms with E-state index >= 15 is 0 Å². The van der Waals surface area contributed by atoms with Gasteiger partial charge in [-0.05, 0) is 45.9 Å². The second kappa shape index (κ2) is 8.34. The molecule has 0 saturated carbocycles. The van der Waals surface area contributed by atoms with Crippen molar-refractivity contribution in [3.8, 4) is 0 Å². The number of ether oxygens (including phenoxy) is 1. The van der Waals surface area contributed by atoms with Gasteiger partial charge in [0.1, 0.15) is 0 Å². The van der Waals surface area contributed by atoms with E-state index in [0.717, 1.165) is 31.4 Å². The molecular formula is C12H26N2OS. The molecule has 1 aliphatic rings. The third-order valence-electron chi connectivity index (χ3n) is 3.12. The van der Waals surface area contributed by atoms with Gasteiger partial charge >= 0.3 is 0 Å². The maximum atomic E-state index is 5.45.